The van der Waals surface area contributed by atoms with Gasteiger partial charge in [0.15, 0.2) is 11.5 Å². The quantitative estimate of drug-likeness (QED) is 0.768. The number of fused-ring (bicyclic) bond motifs is 1. The van der Waals surface area contributed by atoms with Crippen molar-refractivity contribution in [1.82, 2.24) is 0 Å². The van der Waals surface area contributed by atoms with Crippen molar-refractivity contribution in [2.75, 3.05) is 12.4 Å². The van der Waals surface area contributed by atoms with Crippen LogP contribution in [0.25, 0.3) is 0 Å². The summed E-state index contributed by atoms with van der Waals surface area (Å²) in [5, 5.41) is 3.50. The lowest BCUT2D eigenvalue weighted by Gasteiger charge is -2.23. The molecule has 1 atom stereocenters. The maximum atomic E-state index is 10.6. The van der Waals surface area contributed by atoms with E-state index < -0.39 is 22.0 Å². The van der Waals surface area contributed by atoms with Crippen molar-refractivity contribution in [3.8, 4) is 11.5 Å². The van der Waals surface area contributed by atoms with Crippen LogP contribution in [0.2, 0.25) is 0 Å². The van der Waals surface area contributed by atoms with Crippen LogP contribution in [0.5, 0.6) is 11.5 Å². The molecule has 1 aromatic heterocycles. The molecular weight excluding hydrogens is 228 g/mol. The summed E-state index contributed by atoms with van der Waals surface area (Å²) >= 11 is 1.41. The average Bonchev–Trinajstić information content (AvgIpc) is 2.47. The van der Waals surface area contributed by atoms with Crippen molar-refractivity contribution in [3.05, 3.63) is 10.8 Å². The van der Waals surface area contributed by atoms with Gasteiger partial charge in [0.05, 0.1) is 0 Å². The van der Waals surface area contributed by atoms with Crippen molar-refractivity contribution in [3.63, 3.8) is 0 Å². The van der Waals surface area contributed by atoms with Crippen molar-refractivity contribution >= 4 is 21.5 Å². The van der Waals surface area contributed by atoms with E-state index in [9.17, 15) is 8.42 Å². The first-order valence-corrected chi connectivity index (χ1v) is 6.40. The molecule has 0 aliphatic carbocycles. The molecular formula is C7H8O5S2. The fourth-order valence-electron chi connectivity index (χ4n) is 1.18. The molecule has 2 rings (SSSR count). The summed E-state index contributed by atoms with van der Waals surface area (Å²) in [4.78, 5) is 0. The Morgan fingerprint density at radius 1 is 1.50 bits per heavy atom. The Labute approximate surface area is 85.0 Å². The molecule has 0 spiro atoms. The summed E-state index contributed by atoms with van der Waals surface area (Å²) in [5.74, 6) is 0.721. The molecule has 1 aromatic rings. The molecule has 2 heterocycles. The first-order chi connectivity index (χ1) is 6.54. The number of thiophene rings is 1. The van der Waals surface area contributed by atoms with Crippen LogP contribution < -0.4 is 9.47 Å². The van der Waals surface area contributed by atoms with Crippen LogP contribution in [-0.2, 0) is 10.1 Å². The fraction of sp³-hybridized carbons (Fsp3) is 0.429. The van der Waals surface area contributed by atoms with Gasteiger partial charge < -0.3 is 9.47 Å². The van der Waals surface area contributed by atoms with E-state index in [1.807, 2.05) is 0 Å². The van der Waals surface area contributed by atoms with Gasteiger partial charge in [-0.1, -0.05) is 0 Å². The molecule has 1 aliphatic heterocycles. The van der Waals surface area contributed by atoms with E-state index >= 15 is 0 Å². The van der Waals surface area contributed by atoms with Crippen LogP contribution in [0.3, 0.4) is 0 Å². The predicted molar refractivity (Wildman–Crippen MR) is 50.6 cm³/mol. The monoisotopic (exact) mass is 236 g/mol. The zero-order chi connectivity index (χ0) is 10.2. The van der Waals surface area contributed by atoms with Gasteiger partial charge in [0.25, 0.3) is 10.1 Å². The van der Waals surface area contributed by atoms with Crippen LogP contribution >= 0.6 is 11.3 Å². The normalized spacial score (nSPS) is 20.8. The van der Waals surface area contributed by atoms with Gasteiger partial charge in [0.1, 0.15) is 18.5 Å². The average molecular weight is 236 g/mol. The Morgan fingerprint density at radius 2 is 2.21 bits per heavy atom. The molecule has 1 unspecified atom stereocenters. The molecule has 0 radical (unpaired) electrons. The second-order valence-corrected chi connectivity index (χ2v) is 5.14. The van der Waals surface area contributed by atoms with Gasteiger partial charge in [-0.3, -0.25) is 4.55 Å². The largest absolute Gasteiger partial charge is 0.485 e. The molecule has 0 saturated carbocycles. The molecule has 78 valence electrons. The second-order valence-electron chi connectivity index (χ2n) is 2.90. The zero-order valence-corrected chi connectivity index (χ0v) is 8.68. The van der Waals surface area contributed by atoms with Crippen LogP contribution in [0.4, 0.5) is 0 Å². The topological polar surface area (TPSA) is 72.8 Å². The third-order valence-corrected chi connectivity index (χ3v) is 3.20. The van der Waals surface area contributed by atoms with Gasteiger partial charge in [0, 0.05) is 10.8 Å². The van der Waals surface area contributed by atoms with Gasteiger partial charge in [-0.15, -0.1) is 11.3 Å². The summed E-state index contributed by atoms with van der Waals surface area (Å²) in [6.07, 6.45) is -0.632. The lowest BCUT2D eigenvalue weighted by atomic mass is 10.4. The van der Waals surface area contributed by atoms with Gasteiger partial charge in [-0.25, -0.2) is 0 Å². The minimum atomic E-state index is -4.01. The summed E-state index contributed by atoms with van der Waals surface area (Å²) in [6, 6.07) is 0. The molecule has 0 aromatic carbocycles. The molecule has 0 saturated heterocycles. The molecule has 0 amide bonds. The Morgan fingerprint density at radius 3 is 2.93 bits per heavy atom. The highest BCUT2D eigenvalue weighted by atomic mass is 32.2. The van der Waals surface area contributed by atoms with Gasteiger partial charge in [0.2, 0.25) is 0 Å². The van der Waals surface area contributed by atoms with Crippen LogP contribution in [0.1, 0.15) is 0 Å². The van der Waals surface area contributed by atoms with Gasteiger partial charge in [-0.05, 0) is 0 Å². The number of rotatable bonds is 2. The summed E-state index contributed by atoms with van der Waals surface area (Å²) in [7, 11) is -4.01. The summed E-state index contributed by atoms with van der Waals surface area (Å²) in [6.45, 7) is 0.142. The van der Waals surface area contributed by atoms with Gasteiger partial charge >= 0.3 is 0 Å². The molecule has 14 heavy (non-hydrogen) atoms. The highest BCUT2D eigenvalue weighted by Gasteiger charge is 2.25. The van der Waals surface area contributed by atoms with E-state index in [1.54, 1.807) is 10.8 Å². The molecule has 0 fully saturated rings. The predicted octanol–water partition coefficient (Wildman–Crippen LogP) is 0.776. The summed E-state index contributed by atoms with van der Waals surface area (Å²) < 4.78 is 40.3. The smallest absolute Gasteiger partial charge is 0.268 e. The van der Waals surface area contributed by atoms with Crippen molar-refractivity contribution < 1.29 is 22.4 Å². The Balaban J connectivity index is 2.08. The van der Waals surface area contributed by atoms with Crippen LogP contribution in [0.15, 0.2) is 10.8 Å². The lowest BCUT2D eigenvalue weighted by molar-refractivity contribution is 0.106. The van der Waals surface area contributed by atoms with E-state index in [4.69, 9.17) is 14.0 Å². The van der Waals surface area contributed by atoms with Gasteiger partial charge in [-0.2, -0.15) is 8.42 Å². The minimum Gasteiger partial charge on any atom is -0.485 e. The van der Waals surface area contributed by atoms with Crippen molar-refractivity contribution in [2.24, 2.45) is 0 Å². The Kier molecular flexibility index (Phi) is 2.38. The SMILES string of the molecule is O=S(=O)(O)CC1COc2cscc2O1. The third kappa shape index (κ3) is 2.17. The zero-order valence-electron chi connectivity index (χ0n) is 7.04. The fourth-order valence-corrected chi connectivity index (χ4v) is 2.48. The van der Waals surface area contributed by atoms with E-state index in [-0.39, 0.29) is 6.61 Å². The van der Waals surface area contributed by atoms with Crippen molar-refractivity contribution in [2.45, 2.75) is 6.10 Å². The maximum absolute atomic E-state index is 10.6. The van der Waals surface area contributed by atoms with E-state index in [0.29, 0.717) is 11.5 Å². The first-order valence-electron chi connectivity index (χ1n) is 3.85. The highest BCUT2D eigenvalue weighted by molar-refractivity contribution is 7.85. The Bertz CT molecular complexity index is 421. The summed E-state index contributed by atoms with van der Waals surface area (Å²) in [5.41, 5.74) is 0. The number of hydrogen-bond donors (Lipinski definition) is 1. The molecule has 0 bridgehead atoms. The van der Waals surface area contributed by atoms with Crippen LogP contribution in [0, 0.1) is 0 Å². The maximum Gasteiger partial charge on any atom is 0.268 e. The molecule has 5 nitrogen and oxygen atoms in total. The van der Waals surface area contributed by atoms with E-state index in [0.717, 1.165) is 0 Å². The Hall–Kier alpha value is -0.790. The number of ether oxygens (including phenoxy) is 2. The van der Waals surface area contributed by atoms with Crippen molar-refractivity contribution in [1.29, 1.82) is 0 Å². The second kappa shape index (κ2) is 3.41. The molecule has 7 heteroatoms. The van der Waals surface area contributed by atoms with Crippen LogP contribution in [-0.4, -0.2) is 31.4 Å². The number of hydrogen-bond acceptors (Lipinski definition) is 5. The first kappa shape index (κ1) is 9.75. The molecule has 1 aliphatic rings. The minimum absolute atomic E-state index is 0.142. The standard InChI is InChI=1S/C7H8O5S2/c8-14(9,10)4-5-1-11-6-2-13-3-7(6)12-5/h2-3,5H,1,4H2,(H,8,9,10). The lowest BCUT2D eigenvalue weighted by Crippen LogP contribution is -2.34. The molecule has 1 N–H and O–H groups in total. The third-order valence-electron chi connectivity index (χ3n) is 1.71. The van der Waals surface area contributed by atoms with E-state index in [1.165, 1.54) is 11.3 Å². The highest BCUT2D eigenvalue weighted by Crippen LogP contribution is 2.35. The van der Waals surface area contributed by atoms with E-state index in [2.05, 4.69) is 0 Å².